The third-order valence-electron chi connectivity index (χ3n) is 5.88. The summed E-state index contributed by atoms with van der Waals surface area (Å²) in [6.45, 7) is 5.28. The Morgan fingerprint density at radius 1 is 1.03 bits per heavy atom. The highest BCUT2D eigenvalue weighted by Crippen LogP contribution is 2.22. The van der Waals surface area contributed by atoms with Crippen LogP contribution in [0.5, 0.6) is 0 Å². The maximum atomic E-state index is 12.7. The third-order valence-corrected chi connectivity index (χ3v) is 5.88. The minimum Gasteiger partial charge on any atom is -0.378 e. The Morgan fingerprint density at radius 3 is 2.55 bits per heavy atom. The first-order valence-corrected chi connectivity index (χ1v) is 10.6. The molecule has 29 heavy (non-hydrogen) atoms. The first-order valence-electron chi connectivity index (χ1n) is 10.6. The molecule has 0 atom stereocenters. The van der Waals surface area contributed by atoms with Crippen LogP contribution >= 0.6 is 0 Å². The number of morpholine rings is 1. The maximum absolute atomic E-state index is 12.7. The van der Waals surface area contributed by atoms with Gasteiger partial charge in [0.25, 0.3) is 0 Å². The first kappa shape index (κ1) is 19.7. The Balaban J connectivity index is 1.26. The fourth-order valence-electron chi connectivity index (χ4n) is 4.20. The average Bonchev–Trinajstić information content (AvgIpc) is 2.79. The molecule has 1 aromatic heterocycles. The van der Waals surface area contributed by atoms with E-state index in [-0.39, 0.29) is 6.03 Å². The van der Waals surface area contributed by atoms with Gasteiger partial charge < -0.3 is 19.9 Å². The number of rotatable bonds is 5. The summed E-state index contributed by atoms with van der Waals surface area (Å²) in [6.07, 6.45) is 5.05. The number of aromatic nitrogens is 1. The number of pyridine rings is 1. The maximum Gasteiger partial charge on any atom is 0.317 e. The van der Waals surface area contributed by atoms with Gasteiger partial charge in [-0.05, 0) is 36.8 Å². The summed E-state index contributed by atoms with van der Waals surface area (Å²) in [7, 11) is 0. The smallest absolute Gasteiger partial charge is 0.317 e. The zero-order chi connectivity index (χ0) is 19.9. The van der Waals surface area contributed by atoms with Gasteiger partial charge in [-0.15, -0.1) is 0 Å². The second-order valence-corrected chi connectivity index (χ2v) is 7.86. The number of nitrogens with one attached hydrogen (secondary N) is 1. The molecular weight excluding hydrogens is 364 g/mol. The van der Waals surface area contributed by atoms with Crippen molar-refractivity contribution < 1.29 is 9.53 Å². The number of amides is 2. The van der Waals surface area contributed by atoms with Crippen LogP contribution < -0.4 is 10.2 Å². The Kier molecular flexibility index (Phi) is 6.62. The van der Waals surface area contributed by atoms with Gasteiger partial charge in [-0.1, -0.05) is 36.4 Å². The number of anilines is 1. The van der Waals surface area contributed by atoms with Crippen LogP contribution in [0.3, 0.4) is 0 Å². The Bertz CT molecular complexity index is 784. The molecule has 2 aliphatic heterocycles. The molecule has 1 N–H and O–H groups in total. The molecule has 6 nitrogen and oxygen atoms in total. The fourth-order valence-corrected chi connectivity index (χ4v) is 4.20. The van der Waals surface area contributed by atoms with Crippen LogP contribution in [0.25, 0.3) is 0 Å². The molecule has 2 fully saturated rings. The topological polar surface area (TPSA) is 57.7 Å². The SMILES string of the molecule is O=C(NCc1cccnc1N1CCOCC1)N1CCC(Cc2ccccc2)CC1. The first-order chi connectivity index (χ1) is 14.3. The molecule has 2 saturated heterocycles. The minimum absolute atomic E-state index is 0.0277. The quantitative estimate of drug-likeness (QED) is 0.847. The molecule has 1 aromatic carbocycles. The van der Waals surface area contributed by atoms with Crippen LogP contribution in [0.4, 0.5) is 10.6 Å². The standard InChI is InChI=1S/C23H30N4O2/c28-23(27-11-8-20(9-12-27)17-19-5-2-1-3-6-19)25-18-21-7-4-10-24-22(21)26-13-15-29-16-14-26/h1-7,10,20H,8-9,11-18H2,(H,25,28). The number of ether oxygens (including phenoxy) is 1. The van der Waals surface area contributed by atoms with Gasteiger partial charge in [-0.2, -0.15) is 0 Å². The molecule has 154 valence electrons. The van der Waals surface area contributed by atoms with Gasteiger partial charge in [-0.3, -0.25) is 0 Å². The number of benzene rings is 1. The molecule has 0 aliphatic carbocycles. The van der Waals surface area contributed by atoms with E-state index < -0.39 is 0 Å². The molecule has 2 aliphatic rings. The molecule has 4 rings (SSSR count). The lowest BCUT2D eigenvalue weighted by molar-refractivity contribution is 0.122. The second kappa shape index (κ2) is 9.74. The van der Waals surface area contributed by atoms with Gasteiger partial charge in [-0.25, -0.2) is 9.78 Å². The third kappa shape index (κ3) is 5.26. The second-order valence-electron chi connectivity index (χ2n) is 7.86. The van der Waals surface area contributed by atoms with E-state index in [2.05, 4.69) is 45.5 Å². The van der Waals surface area contributed by atoms with Gasteiger partial charge in [0, 0.05) is 44.5 Å². The summed E-state index contributed by atoms with van der Waals surface area (Å²) in [6, 6.07) is 14.6. The summed E-state index contributed by atoms with van der Waals surface area (Å²) in [5.41, 5.74) is 2.45. The lowest BCUT2D eigenvalue weighted by Crippen LogP contribution is -2.44. The molecule has 0 spiro atoms. The Morgan fingerprint density at radius 2 is 1.79 bits per heavy atom. The normalized spacial score (nSPS) is 17.9. The van der Waals surface area contributed by atoms with Gasteiger partial charge in [0.2, 0.25) is 0 Å². The molecule has 0 radical (unpaired) electrons. The highest BCUT2D eigenvalue weighted by atomic mass is 16.5. The van der Waals surface area contributed by atoms with Crippen molar-refractivity contribution in [2.45, 2.75) is 25.8 Å². The summed E-state index contributed by atoms with van der Waals surface area (Å²) >= 11 is 0. The molecule has 3 heterocycles. The van der Waals surface area contributed by atoms with Crippen LogP contribution in [0.2, 0.25) is 0 Å². The van der Waals surface area contributed by atoms with Crippen LogP contribution in [0.15, 0.2) is 48.7 Å². The van der Waals surface area contributed by atoms with Crippen molar-refractivity contribution in [3.05, 3.63) is 59.8 Å². The van der Waals surface area contributed by atoms with Crippen molar-refractivity contribution in [1.82, 2.24) is 15.2 Å². The monoisotopic (exact) mass is 394 g/mol. The number of likely N-dealkylation sites (tertiary alicyclic amines) is 1. The molecule has 0 bridgehead atoms. The van der Waals surface area contributed by atoms with Crippen molar-refractivity contribution in [2.24, 2.45) is 5.92 Å². The summed E-state index contributed by atoms with van der Waals surface area (Å²) in [4.78, 5) is 21.4. The number of hydrogen-bond acceptors (Lipinski definition) is 4. The van der Waals surface area contributed by atoms with E-state index >= 15 is 0 Å². The number of urea groups is 1. The van der Waals surface area contributed by atoms with E-state index in [9.17, 15) is 4.79 Å². The van der Waals surface area contributed by atoms with E-state index in [0.717, 1.165) is 70.0 Å². The van der Waals surface area contributed by atoms with Crippen LogP contribution in [-0.2, 0) is 17.7 Å². The zero-order valence-electron chi connectivity index (χ0n) is 16.9. The van der Waals surface area contributed by atoms with Gasteiger partial charge >= 0.3 is 6.03 Å². The molecule has 2 aromatic rings. The van der Waals surface area contributed by atoms with Gasteiger partial charge in [0.05, 0.1) is 13.2 Å². The van der Waals surface area contributed by atoms with E-state index in [4.69, 9.17) is 4.74 Å². The van der Waals surface area contributed by atoms with Crippen molar-refractivity contribution in [1.29, 1.82) is 0 Å². The zero-order valence-corrected chi connectivity index (χ0v) is 16.9. The van der Waals surface area contributed by atoms with E-state index in [1.807, 2.05) is 23.2 Å². The van der Waals surface area contributed by atoms with Crippen molar-refractivity contribution >= 4 is 11.8 Å². The van der Waals surface area contributed by atoms with Gasteiger partial charge in [0.15, 0.2) is 0 Å². The van der Waals surface area contributed by atoms with Crippen molar-refractivity contribution in [3.63, 3.8) is 0 Å². The van der Waals surface area contributed by atoms with E-state index in [1.54, 1.807) is 0 Å². The molecule has 0 unspecified atom stereocenters. The number of nitrogens with zero attached hydrogens (tertiary/aromatic N) is 3. The predicted molar refractivity (Wildman–Crippen MR) is 114 cm³/mol. The summed E-state index contributed by atoms with van der Waals surface area (Å²) < 4.78 is 5.44. The van der Waals surface area contributed by atoms with Crippen molar-refractivity contribution in [2.75, 3.05) is 44.3 Å². The average molecular weight is 395 g/mol. The molecule has 2 amide bonds. The minimum atomic E-state index is 0.0277. The van der Waals surface area contributed by atoms with Crippen LogP contribution in [0, 0.1) is 5.92 Å². The number of carbonyl (C=O) groups excluding carboxylic acids is 1. The fraction of sp³-hybridized carbons (Fsp3) is 0.478. The highest BCUT2D eigenvalue weighted by molar-refractivity contribution is 5.74. The molecule has 6 heteroatoms. The molecular formula is C23H30N4O2. The van der Waals surface area contributed by atoms with Crippen LogP contribution in [0.1, 0.15) is 24.0 Å². The Labute approximate surface area is 172 Å². The van der Waals surface area contributed by atoms with Crippen molar-refractivity contribution in [3.8, 4) is 0 Å². The van der Waals surface area contributed by atoms with Gasteiger partial charge in [0.1, 0.15) is 5.82 Å². The van der Waals surface area contributed by atoms with Crippen LogP contribution in [-0.4, -0.2) is 55.3 Å². The van der Waals surface area contributed by atoms with E-state index in [1.165, 1.54) is 5.56 Å². The predicted octanol–water partition coefficient (Wildman–Crippen LogP) is 3.08. The summed E-state index contributed by atoms with van der Waals surface area (Å²) in [5.74, 6) is 1.62. The number of carbonyl (C=O) groups is 1. The number of hydrogen-bond donors (Lipinski definition) is 1. The van der Waals surface area contributed by atoms with E-state index in [0.29, 0.717) is 12.5 Å². The number of piperidine rings is 1. The largest absolute Gasteiger partial charge is 0.378 e. The summed E-state index contributed by atoms with van der Waals surface area (Å²) in [5, 5.41) is 3.10. The lowest BCUT2D eigenvalue weighted by Gasteiger charge is -2.32. The Hall–Kier alpha value is -2.60. The highest BCUT2D eigenvalue weighted by Gasteiger charge is 2.23. The lowest BCUT2D eigenvalue weighted by atomic mass is 9.90. The molecule has 0 saturated carbocycles.